The zero-order valence-electron chi connectivity index (χ0n) is 18.4. The van der Waals surface area contributed by atoms with Crippen LogP contribution in [0.2, 0.25) is 0 Å². The predicted octanol–water partition coefficient (Wildman–Crippen LogP) is 5.09. The molecule has 1 N–H and O–H groups in total. The fourth-order valence-electron chi connectivity index (χ4n) is 3.69. The molecule has 2 aromatic carbocycles. The number of aliphatic hydroxyl groups is 1. The van der Waals surface area contributed by atoms with Gasteiger partial charge in [-0.15, -0.1) is 0 Å². The van der Waals surface area contributed by atoms with Crippen LogP contribution >= 0.6 is 0 Å². The van der Waals surface area contributed by atoms with Crippen LogP contribution in [0.15, 0.2) is 67.5 Å². The van der Waals surface area contributed by atoms with Crippen LogP contribution in [0.5, 0.6) is 0 Å². The summed E-state index contributed by atoms with van der Waals surface area (Å²) < 4.78 is 69.2. The Hall–Kier alpha value is -3.86. The second-order valence-electron chi connectivity index (χ2n) is 8.02. The minimum Gasteiger partial charge on any atom is -0.381 e. The Morgan fingerprint density at radius 2 is 1.71 bits per heavy atom. The van der Waals surface area contributed by atoms with E-state index in [4.69, 9.17) is 0 Å². The van der Waals surface area contributed by atoms with Gasteiger partial charge in [-0.2, -0.15) is 23.4 Å². The molecule has 2 atom stereocenters. The van der Waals surface area contributed by atoms with Crippen molar-refractivity contribution in [3.05, 3.63) is 101 Å². The van der Waals surface area contributed by atoms with Gasteiger partial charge >= 0.3 is 6.18 Å². The van der Waals surface area contributed by atoms with E-state index in [9.17, 15) is 27.1 Å². The number of halogens is 5. The average molecular weight is 489 g/mol. The molecule has 0 spiro atoms. The summed E-state index contributed by atoms with van der Waals surface area (Å²) >= 11 is 0. The van der Waals surface area contributed by atoms with Crippen LogP contribution in [0.25, 0.3) is 12.2 Å². The van der Waals surface area contributed by atoms with Gasteiger partial charge in [-0.1, -0.05) is 30.4 Å². The summed E-state index contributed by atoms with van der Waals surface area (Å²) in [5.74, 6) is -1.70. The third-order valence-electron chi connectivity index (χ3n) is 5.68. The van der Waals surface area contributed by atoms with Crippen molar-refractivity contribution in [3.8, 4) is 0 Å². The quantitative estimate of drug-likeness (QED) is 0.367. The summed E-state index contributed by atoms with van der Waals surface area (Å²) in [6, 6.07) is 6.77. The molecule has 0 saturated carbocycles. The van der Waals surface area contributed by atoms with Gasteiger partial charge in [0.1, 0.15) is 29.9 Å². The molecule has 6 nitrogen and oxygen atoms in total. The van der Waals surface area contributed by atoms with Gasteiger partial charge in [-0.3, -0.25) is 4.68 Å². The van der Waals surface area contributed by atoms with Gasteiger partial charge < -0.3 is 5.11 Å². The maximum Gasteiger partial charge on any atom is 0.416 e. The second-order valence-corrected chi connectivity index (χ2v) is 8.02. The first-order valence-electron chi connectivity index (χ1n) is 10.5. The normalized spacial score (nSPS) is 14.8. The maximum absolute atomic E-state index is 14.7. The first-order valence-corrected chi connectivity index (χ1v) is 10.5. The SMILES string of the molecule is C[C@@H](n1cc(C=Cc2ccc(C(F)(F)F)cc2)cn1)[C@](O)(Cn1cncn1)c1ccc(F)cc1F. The summed E-state index contributed by atoms with van der Waals surface area (Å²) in [5, 5.41) is 19.9. The molecule has 0 amide bonds. The fraction of sp³-hybridized carbons (Fsp3) is 0.208. The molecule has 0 aliphatic heterocycles. The molecule has 2 aromatic heterocycles. The third-order valence-corrected chi connectivity index (χ3v) is 5.68. The lowest BCUT2D eigenvalue weighted by atomic mass is 9.86. The van der Waals surface area contributed by atoms with Crippen LogP contribution in [0, 0.1) is 11.6 Å². The molecule has 0 radical (unpaired) electrons. The van der Waals surface area contributed by atoms with Gasteiger partial charge in [0, 0.05) is 23.4 Å². The van der Waals surface area contributed by atoms with E-state index >= 15 is 0 Å². The molecular weight excluding hydrogens is 469 g/mol. The van der Waals surface area contributed by atoms with Crippen LogP contribution in [-0.4, -0.2) is 29.7 Å². The highest BCUT2D eigenvalue weighted by atomic mass is 19.4. The van der Waals surface area contributed by atoms with Crippen molar-refractivity contribution in [1.82, 2.24) is 24.5 Å². The number of benzene rings is 2. The lowest BCUT2D eigenvalue weighted by molar-refractivity contribution is -0.137. The van der Waals surface area contributed by atoms with Crippen molar-refractivity contribution in [2.24, 2.45) is 0 Å². The second kappa shape index (κ2) is 9.41. The van der Waals surface area contributed by atoms with Gasteiger partial charge in [0.25, 0.3) is 0 Å². The van der Waals surface area contributed by atoms with Crippen LogP contribution in [0.1, 0.15) is 35.2 Å². The van der Waals surface area contributed by atoms with E-state index < -0.39 is 35.0 Å². The lowest BCUT2D eigenvalue weighted by Crippen LogP contribution is -2.40. The van der Waals surface area contributed by atoms with Crippen molar-refractivity contribution in [2.75, 3.05) is 0 Å². The number of hydrogen-bond acceptors (Lipinski definition) is 4. The molecule has 0 saturated heterocycles. The van der Waals surface area contributed by atoms with Crippen LogP contribution in [0.3, 0.4) is 0 Å². The zero-order valence-corrected chi connectivity index (χ0v) is 18.4. The van der Waals surface area contributed by atoms with Crippen molar-refractivity contribution in [1.29, 1.82) is 0 Å². The van der Waals surface area contributed by atoms with Crippen molar-refractivity contribution < 1.29 is 27.1 Å². The van der Waals surface area contributed by atoms with E-state index in [-0.39, 0.29) is 12.1 Å². The van der Waals surface area contributed by atoms with Gasteiger partial charge in [-0.05, 0) is 30.7 Å². The fourth-order valence-corrected chi connectivity index (χ4v) is 3.69. The van der Waals surface area contributed by atoms with E-state index in [0.29, 0.717) is 17.2 Å². The standard InChI is InChI=1S/C24H20F5N5O/c1-16(23(35,13-33-15-30-14-32-33)21-9-8-20(25)10-22(21)26)34-12-18(11-31-34)3-2-17-4-6-19(7-5-17)24(27,28)29/h2-12,14-16,35H,13H2,1H3/t16-,23-/m1/s1. The topological polar surface area (TPSA) is 68.8 Å². The molecule has 0 bridgehead atoms. The number of aromatic nitrogens is 5. The van der Waals surface area contributed by atoms with Crippen LogP contribution in [-0.2, 0) is 18.3 Å². The Morgan fingerprint density at radius 1 is 1.00 bits per heavy atom. The lowest BCUT2D eigenvalue weighted by Gasteiger charge is -2.34. The number of nitrogens with zero attached hydrogens (tertiary/aromatic N) is 5. The molecule has 182 valence electrons. The molecule has 11 heteroatoms. The molecule has 4 aromatic rings. The zero-order chi connectivity index (χ0) is 25.2. The molecule has 4 rings (SSSR count). The summed E-state index contributed by atoms with van der Waals surface area (Å²) in [7, 11) is 0. The van der Waals surface area contributed by atoms with E-state index in [1.54, 1.807) is 25.3 Å². The largest absolute Gasteiger partial charge is 0.416 e. The van der Waals surface area contributed by atoms with Gasteiger partial charge in [0.2, 0.25) is 0 Å². The first-order chi connectivity index (χ1) is 16.6. The molecular formula is C24H20F5N5O. The molecule has 0 aliphatic carbocycles. The molecule has 0 aliphatic rings. The highest BCUT2D eigenvalue weighted by Crippen LogP contribution is 2.36. The number of alkyl halides is 3. The third kappa shape index (κ3) is 5.29. The Morgan fingerprint density at radius 3 is 2.34 bits per heavy atom. The highest BCUT2D eigenvalue weighted by molar-refractivity contribution is 5.69. The maximum atomic E-state index is 14.7. The Kier molecular flexibility index (Phi) is 6.53. The summed E-state index contributed by atoms with van der Waals surface area (Å²) in [5.41, 5.74) is -1.61. The predicted molar refractivity (Wildman–Crippen MR) is 118 cm³/mol. The molecule has 2 heterocycles. The summed E-state index contributed by atoms with van der Waals surface area (Å²) in [4.78, 5) is 3.84. The van der Waals surface area contributed by atoms with E-state index in [1.165, 1.54) is 46.4 Å². The summed E-state index contributed by atoms with van der Waals surface area (Å²) in [6.07, 6.45) is 4.57. The van der Waals surface area contributed by atoms with Crippen molar-refractivity contribution >= 4 is 12.2 Å². The van der Waals surface area contributed by atoms with Crippen LogP contribution in [0.4, 0.5) is 22.0 Å². The molecule has 0 fully saturated rings. The van der Waals surface area contributed by atoms with E-state index in [0.717, 1.165) is 18.2 Å². The van der Waals surface area contributed by atoms with E-state index in [2.05, 4.69) is 15.2 Å². The Bertz CT molecular complexity index is 1320. The van der Waals surface area contributed by atoms with Gasteiger partial charge in [0.15, 0.2) is 0 Å². The average Bonchev–Trinajstić information content (AvgIpc) is 3.49. The number of rotatable bonds is 7. The first kappa shape index (κ1) is 24.3. The van der Waals surface area contributed by atoms with Crippen LogP contribution < -0.4 is 0 Å². The van der Waals surface area contributed by atoms with Crippen molar-refractivity contribution in [3.63, 3.8) is 0 Å². The monoisotopic (exact) mass is 489 g/mol. The minimum atomic E-state index is -4.41. The summed E-state index contributed by atoms with van der Waals surface area (Å²) in [6.45, 7) is 1.43. The Labute approximate surface area is 197 Å². The molecule has 35 heavy (non-hydrogen) atoms. The minimum absolute atomic E-state index is 0.140. The van der Waals surface area contributed by atoms with Gasteiger partial charge in [0.05, 0.1) is 24.3 Å². The smallest absolute Gasteiger partial charge is 0.381 e. The van der Waals surface area contributed by atoms with Crippen molar-refractivity contribution in [2.45, 2.75) is 31.3 Å². The van der Waals surface area contributed by atoms with Gasteiger partial charge in [-0.25, -0.2) is 18.4 Å². The highest BCUT2D eigenvalue weighted by Gasteiger charge is 2.40. The number of hydrogen-bond donors (Lipinski definition) is 1. The van der Waals surface area contributed by atoms with E-state index in [1.807, 2.05) is 0 Å². The Balaban J connectivity index is 1.60. The molecule has 0 unspecified atom stereocenters.